The summed E-state index contributed by atoms with van der Waals surface area (Å²) in [6.45, 7) is 4.50. The Morgan fingerprint density at radius 2 is 1.38 bits per heavy atom. The van der Waals surface area contributed by atoms with E-state index in [0.717, 1.165) is 0 Å². The highest BCUT2D eigenvalue weighted by molar-refractivity contribution is 5.81. The fourth-order valence-corrected chi connectivity index (χ4v) is 1.30. The lowest BCUT2D eigenvalue weighted by atomic mass is 10.2. The van der Waals surface area contributed by atoms with Gasteiger partial charge in [0.1, 0.15) is 11.6 Å². The maximum atomic E-state index is 11.5. The average molecular weight is 302 g/mol. The predicted octanol–water partition coefficient (Wildman–Crippen LogP) is 1.17. The van der Waals surface area contributed by atoms with Crippen molar-refractivity contribution in [3.05, 3.63) is 0 Å². The minimum absolute atomic E-state index is 0.0214. The fraction of sp³-hybridized carbons (Fsp3) is 0.714. The lowest BCUT2D eigenvalue weighted by Crippen LogP contribution is -2.28. The summed E-state index contributed by atoms with van der Waals surface area (Å²) in [6, 6.07) is 0. The van der Waals surface area contributed by atoms with Crippen LogP contribution in [-0.2, 0) is 33.4 Å². The maximum Gasteiger partial charge on any atom is 0.308 e. The molecular weight excluding hydrogens is 280 g/mol. The zero-order chi connectivity index (χ0) is 16.3. The third-order valence-electron chi connectivity index (χ3n) is 2.36. The molecule has 0 aromatic rings. The first-order valence-corrected chi connectivity index (χ1v) is 6.80. The molecule has 120 valence electrons. The van der Waals surface area contributed by atoms with Crippen molar-refractivity contribution in [2.24, 2.45) is 0 Å². The first-order chi connectivity index (χ1) is 9.85. The van der Waals surface area contributed by atoms with Crippen molar-refractivity contribution < 1.29 is 33.4 Å². The van der Waals surface area contributed by atoms with Crippen molar-refractivity contribution >= 4 is 23.5 Å². The van der Waals surface area contributed by atoms with Gasteiger partial charge in [-0.25, -0.2) is 0 Å². The molecule has 0 heterocycles. The number of hydrogen-bond acceptors (Lipinski definition) is 7. The molecule has 0 N–H and O–H groups in total. The van der Waals surface area contributed by atoms with E-state index < -0.39 is 18.2 Å². The highest BCUT2D eigenvalue weighted by Gasteiger charge is 2.17. The zero-order valence-corrected chi connectivity index (χ0v) is 12.7. The van der Waals surface area contributed by atoms with Gasteiger partial charge < -0.3 is 23.8 Å². The Bertz CT molecular complexity index is 376. The summed E-state index contributed by atoms with van der Waals surface area (Å²) >= 11 is 0. The van der Waals surface area contributed by atoms with Gasteiger partial charge in [0, 0.05) is 19.4 Å². The first-order valence-electron chi connectivity index (χ1n) is 6.80. The highest BCUT2D eigenvalue weighted by Crippen LogP contribution is 2.03. The molecule has 0 radical (unpaired) electrons. The van der Waals surface area contributed by atoms with Gasteiger partial charge in [-0.2, -0.15) is 0 Å². The van der Waals surface area contributed by atoms with Gasteiger partial charge in [-0.05, 0) is 20.8 Å². The lowest BCUT2D eigenvalue weighted by Gasteiger charge is -2.17. The summed E-state index contributed by atoms with van der Waals surface area (Å²) in [5.41, 5.74) is 0. The van der Waals surface area contributed by atoms with Crippen molar-refractivity contribution in [2.45, 2.75) is 52.7 Å². The zero-order valence-electron chi connectivity index (χ0n) is 12.7. The molecule has 1 unspecified atom stereocenters. The van der Waals surface area contributed by atoms with E-state index >= 15 is 0 Å². The molecule has 7 nitrogen and oxygen atoms in total. The molecule has 0 aromatic carbocycles. The van der Waals surface area contributed by atoms with Crippen LogP contribution in [-0.4, -0.2) is 43.0 Å². The van der Waals surface area contributed by atoms with Crippen LogP contribution in [0, 0.1) is 0 Å². The monoisotopic (exact) mass is 302 g/mol. The van der Waals surface area contributed by atoms with E-state index in [-0.39, 0.29) is 50.5 Å². The molecule has 21 heavy (non-hydrogen) atoms. The summed E-state index contributed by atoms with van der Waals surface area (Å²) in [4.78, 5) is 44.3. The van der Waals surface area contributed by atoms with Crippen LogP contribution in [0.15, 0.2) is 0 Å². The normalized spacial score (nSPS) is 11.6. The molecule has 1 atom stereocenters. The van der Waals surface area contributed by atoms with Crippen LogP contribution in [0.4, 0.5) is 0 Å². The van der Waals surface area contributed by atoms with E-state index in [2.05, 4.69) is 0 Å². The molecule has 0 saturated carbocycles. The molecular formula is C14H22O7. The summed E-state index contributed by atoms with van der Waals surface area (Å²) < 4.78 is 15.0. The summed E-state index contributed by atoms with van der Waals surface area (Å²) in [5, 5.41) is 0. The van der Waals surface area contributed by atoms with Crippen LogP contribution in [0.25, 0.3) is 0 Å². The number of carbonyl (C=O) groups is 4. The largest absolute Gasteiger partial charge is 0.459 e. The number of hydrogen-bond donors (Lipinski definition) is 0. The van der Waals surface area contributed by atoms with Crippen LogP contribution in [0.3, 0.4) is 0 Å². The molecule has 0 fully saturated rings. The summed E-state index contributed by atoms with van der Waals surface area (Å²) in [7, 11) is 0. The summed E-state index contributed by atoms with van der Waals surface area (Å²) in [6.07, 6.45) is -0.869. The maximum absolute atomic E-state index is 11.5. The first kappa shape index (κ1) is 19.2. The second-order valence-electron chi connectivity index (χ2n) is 4.46. The second kappa shape index (κ2) is 11.0. The number of esters is 2. The van der Waals surface area contributed by atoms with Gasteiger partial charge in [-0.3, -0.25) is 9.59 Å². The molecule has 0 rings (SSSR count). The Hall–Kier alpha value is -1.76. The Morgan fingerprint density at radius 1 is 0.857 bits per heavy atom. The van der Waals surface area contributed by atoms with E-state index in [1.165, 1.54) is 13.8 Å². The number of carbonyl (C=O) groups excluding carboxylic acids is 4. The smallest absolute Gasteiger partial charge is 0.308 e. The minimum Gasteiger partial charge on any atom is -0.459 e. The van der Waals surface area contributed by atoms with E-state index in [0.29, 0.717) is 0 Å². The molecule has 0 bridgehead atoms. The topological polar surface area (TPSA) is 96.0 Å². The third-order valence-corrected chi connectivity index (χ3v) is 2.36. The Kier molecular flexibility index (Phi) is 10.0. The van der Waals surface area contributed by atoms with Crippen LogP contribution in [0.1, 0.15) is 46.5 Å². The van der Waals surface area contributed by atoms with Crippen LogP contribution >= 0.6 is 0 Å². The lowest BCUT2D eigenvalue weighted by molar-refractivity contribution is -0.193. The number of ketones is 2. The molecule has 0 aliphatic rings. The van der Waals surface area contributed by atoms with Gasteiger partial charge >= 0.3 is 11.9 Å². The van der Waals surface area contributed by atoms with Crippen molar-refractivity contribution in [3.63, 3.8) is 0 Å². The van der Waals surface area contributed by atoms with Gasteiger partial charge in [0.05, 0.1) is 12.8 Å². The molecule has 7 heteroatoms. The number of ether oxygens (including phenoxy) is 3. The van der Waals surface area contributed by atoms with E-state index in [1.54, 1.807) is 6.92 Å². The van der Waals surface area contributed by atoms with Gasteiger partial charge in [-0.15, -0.1) is 0 Å². The van der Waals surface area contributed by atoms with Crippen molar-refractivity contribution in [3.8, 4) is 0 Å². The molecule has 0 aliphatic carbocycles. The van der Waals surface area contributed by atoms with Gasteiger partial charge in [0.25, 0.3) is 0 Å². The van der Waals surface area contributed by atoms with Crippen molar-refractivity contribution in [2.75, 3.05) is 13.2 Å². The van der Waals surface area contributed by atoms with Crippen molar-refractivity contribution in [1.82, 2.24) is 0 Å². The second-order valence-corrected chi connectivity index (χ2v) is 4.46. The van der Waals surface area contributed by atoms with Crippen LogP contribution < -0.4 is 0 Å². The average Bonchev–Trinajstić information content (AvgIpc) is 2.40. The van der Waals surface area contributed by atoms with Gasteiger partial charge in [0.2, 0.25) is 6.29 Å². The molecule has 0 spiro atoms. The minimum atomic E-state index is -1.00. The molecule has 0 aliphatic heterocycles. The quantitative estimate of drug-likeness (QED) is 0.417. The number of rotatable bonds is 11. The molecule has 0 aromatic heterocycles. The van der Waals surface area contributed by atoms with Gasteiger partial charge in [-0.1, -0.05) is 0 Å². The van der Waals surface area contributed by atoms with Crippen LogP contribution in [0.2, 0.25) is 0 Å². The van der Waals surface area contributed by atoms with Crippen molar-refractivity contribution in [1.29, 1.82) is 0 Å². The Labute approximate surface area is 123 Å². The Morgan fingerprint density at radius 3 is 1.86 bits per heavy atom. The molecule has 0 saturated heterocycles. The van der Waals surface area contributed by atoms with Gasteiger partial charge in [0.15, 0.2) is 6.61 Å². The number of Topliss-reactive ketones (excluding diaryl/α,β-unsaturated/α-hetero) is 2. The van der Waals surface area contributed by atoms with E-state index in [4.69, 9.17) is 14.2 Å². The van der Waals surface area contributed by atoms with E-state index in [1.807, 2.05) is 0 Å². The van der Waals surface area contributed by atoms with E-state index in [9.17, 15) is 19.2 Å². The molecule has 0 amide bonds. The SMILES string of the molecule is CCOC(COC(=O)CCC(C)=O)OC(=O)CCC(C)=O. The predicted molar refractivity (Wildman–Crippen MR) is 72.3 cm³/mol. The Balaban J connectivity index is 4.11. The standard InChI is InChI=1S/C14H22O7/c1-4-19-14(21-13(18)8-6-11(3)16)9-20-12(17)7-5-10(2)15/h14H,4-9H2,1-3H3. The van der Waals surface area contributed by atoms with Crippen LogP contribution in [0.5, 0.6) is 0 Å². The highest BCUT2D eigenvalue weighted by atomic mass is 16.7. The summed E-state index contributed by atoms with van der Waals surface area (Å²) in [5.74, 6) is -1.38. The third kappa shape index (κ3) is 11.7. The fourth-order valence-electron chi connectivity index (χ4n) is 1.30.